The highest BCUT2D eigenvalue weighted by Crippen LogP contribution is 2.43. The zero-order chi connectivity index (χ0) is 24.9. The van der Waals surface area contributed by atoms with E-state index in [-0.39, 0.29) is 0 Å². The van der Waals surface area contributed by atoms with Gasteiger partial charge in [-0.1, -0.05) is 51.3 Å². The highest BCUT2D eigenvalue weighted by atomic mass is 14.9. The first-order chi connectivity index (χ1) is 16.7. The Morgan fingerprint density at radius 2 is 1.53 bits per heavy atom. The first-order valence-corrected chi connectivity index (χ1v) is 13.7. The van der Waals surface area contributed by atoms with Crippen LogP contribution < -0.4 is 4.57 Å². The quantitative estimate of drug-likeness (QED) is 0.347. The van der Waals surface area contributed by atoms with Crippen molar-refractivity contribution >= 4 is 10.8 Å². The van der Waals surface area contributed by atoms with Crippen molar-refractivity contribution in [1.82, 2.24) is 0 Å². The van der Waals surface area contributed by atoms with Crippen LogP contribution in [-0.2, 0) is 7.05 Å². The fourth-order valence-electron chi connectivity index (χ4n) is 6.62. The number of pyridine rings is 1. The van der Waals surface area contributed by atoms with E-state index in [2.05, 4.69) is 76.6 Å². The third-order valence-corrected chi connectivity index (χ3v) is 9.28. The summed E-state index contributed by atoms with van der Waals surface area (Å²) in [6.07, 6.45) is 11.9. The zero-order valence-corrected chi connectivity index (χ0v) is 22.4. The highest BCUT2D eigenvalue weighted by molar-refractivity contribution is 5.94. The van der Waals surface area contributed by atoms with E-state index < -0.39 is 0 Å². The summed E-state index contributed by atoms with van der Waals surface area (Å²) >= 11 is 0. The summed E-state index contributed by atoms with van der Waals surface area (Å²) in [6.45, 7) is 11.5. The minimum Gasteiger partial charge on any atom is -0.198 e. The van der Waals surface area contributed by atoms with Gasteiger partial charge >= 0.3 is 0 Å². The molecule has 1 heterocycles. The van der Waals surface area contributed by atoms with Gasteiger partial charge in [-0.25, -0.2) is 0 Å². The molecular formula is C33H44N+. The van der Waals surface area contributed by atoms with E-state index in [9.17, 15) is 0 Å². The molecule has 0 aliphatic heterocycles. The molecule has 1 nitrogen and oxygen atoms in total. The van der Waals surface area contributed by atoms with Gasteiger partial charge in [0.15, 0.2) is 5.69 Å². The van der Waals surface area contributed by atoms with E-state index in [1.54, 1.807) is 0 Å². The first-order valence-electron chi connectivity index (χ1n) is 14.2. The van der Waals surface area contributed by atoms with Crippen molar-refractivity contribution in [3.8, 4) is 11.3 Å². The molecular weight excluding hydrogens is 410 g/mol. The lowest BCUT2D eigenvalue weighted by molar-refractivity contribution is -0.665. The molecule has 0 radical (unpaired) electrons. The molecule has 34 heavy (non-hydrogen) atoms. The number of aryl methyl sites for hydroxylation is 1. The Labute approximate surface area is 209 Å². The van der Waals surface area contributed by atoms with Crippen LogP contribution in [0.1, 0.15) is 113 Å². The lowest BCUT2D eigenvalue weighted by Gasteiger charge is -2.34. The number of hydrogen-bond donors (Lipinski definition) is 0. The van der Waals surface area contributed by atoms with E-state index in [1.165, 1.54) is 96.7 Å². The average Bonchev–Trinajstić information content (AvgIpc) is 2.85. The van der Waals surface area contributed by atoms with Gasteiger partial charge in [-0.05, 0) is 109 Å². The third-order valence-electron chi connectivity index (χ3n) is 9.28. The largest absolute Gasteiger partial charge is 0.220 e. The smallest absolute Gasteiger partial charge is 0.198 e. The van der Waals surface area contributed by atoms with Crippen molar-refractivity contribution < 1.29 is 5.94 Å². The van der Waals surface area contributed by atoms with Crippen LogP contribution in [0.4, 0.5) is 0 Å². The molecule has 2 aromatic carbocycles. The van der Waals surface area contributed by atoms with Gasteiger partial charge in [-0.15, -0.1) is 0 Å². The van der Waals surface area contributed by atoms with Crippen LogP contribution in [0.3, 0.4) is 0 Å². The van der Waals surface area contributed by atoms with Crippen LogP contribution in [0, 0.1) is 26.2 Å². The molecule has 2 saturated carbocycles. The summed E-state index contributed by atoms with van der Waals surface area (Å²) in [5.41, 5.74) is 9.88. The van der Waals surface area contributed by atoms with Crippen molar-refractivity contribution in [1.29, 1.82) is 0 Å². The van der Waals surface area contributed by atoms with Gasteiger partial charge in [-0.2, -0.15) is 4.57 Å². The molecule has 0 bridgehead atoms. The molecule has 0 unspecified atom stereocenters. The summed E-state index contributed by atoms with van der Waals surface area (Å²) in [7, 11) is 2.15. The van der Waals surface area contributed by atoms with Crippen molar-refractivity contribution in [3.05, 3.63) is 64.3 Å². The minimum absolute atomic E-state index is 0.476. The molecule has 3 aromatic rings. The average molecular weight is 456 g/mol. The van der Waals surface area contributed by atoms with E-state index in [4.69, 9.17) is 1.37 Å². The molecule has 180 valence electrons. The van der Waals surface area contributed by atoms with Crippen LogP contribution in [0.2, 0.25) is 0 Å². The van der Waals surface area contributed by atoms with E-state index >= 15 is 0 Å². The lowest BCUT2D eigenvalue weighted by Crippen LogP contribution is -2.35. The monoisotopic (exact) mass is 455 g/mol. The zero-order valence-electron chi connectivity index (χ0n) is 23.4. The third kappa shape index (κ3) is 4.43. The van der Waals surface area contributed by atoms with Crippen LogP contribution in [0.5, 0.6) is 0 Å². The SMILES string of the molecule is [2H]c1c(C)[n+](C)c(-c2cc(C3CCCCC3)cc(C)c2C)c2ccc(C3CCC(C)(C)CC3)cc12. The minimum atomic E-state index is 0.476. The summed E-state index contributed by atoms with van der Waals surface area (Å²) in [4.78, 5) is 0. The maximum Gasteiger partial charge on any atom is 0.220 e. The Kier molecular flexibility index (Phi) is 6.00. The topological polar surface area (TPSA) is 3.88 Å². The van der Waals surface area contributed by atoms with Gasteiger partial charge in [0.1, 0.15) is 7.05 Å². The first kappa shape index (κ1) is 22.3. The number of rotatable bonds is 3. The molecule has 0 N–H and O–H groups in total. The van der Waals surface area contributed by atoms with Gasteiger partial charge in [-0.3, -0.25) is 0 Å². The van der Waals surface area contributed by atoms with Crippen LogP contribution in [-0.4, -0.2) is 0 Å². The molecule has 0 spiro atoms. The molecule has 5 rings (SSSR count). The standard InChI is InChI=1S/C33H44N/c1-22-18-28(25-10-8-7-9-11-25)21-31(24(22)3)32-30-13-12-27(20-29(30)19-23(2)34(32)6)26-14-16-33(4,5)17-15-26/h12-13,18-21,25-26H,7-11,14-17H2,1-6H3/q+1/i19D. The fourth-order valence-corrected chi connectivity index (χ4v) is 6.62. The summed E-state index contributed by atoms with van der Waals surface area (Å²) in [6, 6.07) is 12.7. The summed E-state index contributed by atoms with van der Waals surface area (Å²) < 4.78 is 11.3. The molecule has 0 saturated heterocycles. The van der Waals surface area contributed by atoms with Crippen LogP contribution >= 0.6 is 0 Å². The molecule has 0 amide bonds. The van der Waals surface area contributed by atoms with E-state index in [0.29, 0.717) is 23.3 Å². The second-order valence-corrected chi connectivity index (χ2v) is 12.2. The predicted octanol–water partition coefficient (Wildman–Crippen LogP) is 8.99. The maximum atomic E-state index is 9.04. The second kappa shape index (κ2) is 9.14. The molecule has 0 atom stereocenters. The Bertz CT molecular complexity index is 1250. The summed E-state index contributed by atoms with van der Waals surface area (Å²) in [5.74, 6) is 1.32. The van der Waals surface area contributed by atoms with Gasteiger partial charge in [0.2, 0.25) is 5.69 Å². The Hall–Kier alpha value is -2.15. The van der Waals surface area contributed by atoms with Crippen molar-refractivity contribution in [3.63, 3.8) is 0 Å². The van der Waals surface area contributed by atoms with Crippen LogP contribution in [0.25, 0.3) is 22.0 Å². The number of nitrogens with zero attached hydrogens (tertiary/aromatic N) is 1. The Balaban J connectivity index is 1.65. The molecule has 2 aliphatic carbocycles. The second-order valence-electron chi connectivity index (χ2n) is 12.2. The van der Waals surface area contributed by atoms with E-state index in [0.717, 1.165) is 11.1 Å². The molecule has 2 fully saturated rings. The van der Waals surface area contributed by atoms with Crippen LogP contribution in [0.15, 0.2) is 36.4 Å². The van der Waals surface area contributed by atoms with Gasteiger partial charge in [0, 0.05) is 13.0 Å². The van der Waals surface area contributed by atoms with E-state index in [1.807, 2.05) is 0 Å². The summed E-state index contributed by atoms with van der Waals surface area (Å²) in [5, 5.41) is 2.35. The Morgan fingerprint density at radius 3 is 2.24 bits per heavy atom. The van der Waals surface area contributed by atoms with Crippen molar-refractivity contribution in [2.45, 2.75) is 104 Å². The fraction of sp³-hybridized carbons (Fsp3) is 0.545. The van der Waals surface area contributed by atoms with Gasteiger partial charge in [0.05, 0.1) is 12.3 Å². The maximum absolute atomic E-state index is 9.04. The molecule has 2 aliphatic rings. The lowest BCUT2D eigenvalue weighted by atomic mass is 9.71. The van der Waals surface area contributed by atoms with Gasteiger partial charge in [0.25, 0.3) is 0 Å². The number of hydrogen-bond acceptors (Lipinski definition) is 0. The predicted molar refractivity (Wildman–Crippen MR) is 146 cm³/mol. The normalized spacial score (nSPS) is 20.0. The van der Waals surface area contributed by atoms with Gasteiger partial charge < -0.3 is 0 Å². The molecule has 1 aromatic heterocycles. The van der Waals surface area contributed by atoms with Crippen molar-refractivity contribution in [2.24, 2.45) is 12.5 Å². The van der Waals surface area contributed by atoms with Crippen molar-refractivity contribution in [2.75, 3.05) is 0 Å². The number of fused-ring (bicyclic) bond motifs is 1. The molecule has 1 heteroatoms. The number of aromatic nitrogens is 1. The Morgan fingerprint density at radius 1 is 0.853 bits per heavy atom. The number of benzene rings is 2. The highest BCUT2D eigenvalue weighted by Gasteiger charge is 2.29.